The molecule has 1 heterocycles. The Bertz CT molecular complexity index is 745. The first-order valence-electron chi connectivity index (χ1n) is 7.87. The normalized spacial score (nSPS) is 16.2. The topological polar surface area (TPSA) is 54.8 Å². The van der Waals surface area contributed by atoms with Gasteiger partial charge in [0.25, 0.3) is 0 Å². The van der Waals surface area contributed by atoms with Gasteiger partial charge >= 0.3 is 0 Å². The van der Waals surface area contributed by atoms with Crippen LogP contribution in [0, 0.1) is 5.41 Å². The van der Waals surface area contributed by atoms with E-state index in [-0.39, 0.29) is 6.23 Å². The summed E-state index contributed by atoms with van der Waals surface area (Å²) in [5.41, 5.74) is 3.13. The van der Waals surface area contributed by atoms with Gasteiger partial charge in [0.05, 0.1) is 14.2 Å². The highest BCUT2D eigenvalue weighted by atomic mass is 16.5. The monoisotopic (exact) mass is 326 g/mol. The lowest BCUT2D eigenvalue weighted by atomic mass is 10.1. The number of hydrogen-bond acceptors (Lipinski definition) is 4. The number of hydrogen-bond donors (Lipinski definition) is 1. The first kappa shape index (κ1) is 16.3. The second-order valence-corrected chi connectivity index (χ2v) is 5.66. The number of fused-ring (bicyclic) bond motifs is 1. The van der Waals surface area contributed by atoms with E-state index in [0.29, 0.717) is 12.4 Å². The van der Waals surface area contributed by atoms with Crippen molar-refractivity contribution in [3.05, 3.63) is 59.2 Å². The number of nitrogens with zero attached hydrogens (tertiary/aromatic N) is 1. The van der Waals surface area contributed by atoms with Crippen LogP contribution in [0.5, 0.6) is 11.5 Å². The molecule has 2 aromatic rings. The molecule has 1 aliphatic rings. The summed E-state index contributed by atoms with van der Waals surface area (Å²) in [5.74, 6) is 1.95. The summed E-state index contributed by atoms with van der Waals surface area (Å²) in [5, 5.41) is 8.43. The van der Waals surface area contributed by atoms with Crippen LogP contribution in [0.25, 0.3) is 0 Å². The Labute approximate surface area is 142 Å². The standard InChI is InChI=1S/C19H22N2O3/c1-22-16-9-8-13(12-17(16)23-2)10-11-21-18(20)14-6-4-5-7-15(14)19(21)24-3/h4-9,12,19-20H,10-11H2,1-3H3. The number of ether oxygens (including phenoxy) is 3. The Morgan fingerprint density at radius 3 is 2.46 bits per heavy atom. The van der Waals surface area contributed by atoms with E-state index in [4.69, 9.17) is 19.6 Å². The molecule has 0 amide bonds. The summed E-state index contributed by atoms with van der Waals surface area (Å²) < 4.78 is 16.3. The molecule has 1 aliphatic heterocycles. The maximum atomic E-state index is 8.43. The van der Waals surface area contributed by atoms with Gasteiger partial charge in [-0.25, -0.2) is 0 Å². The molecule has 0 radical (unpaired) electrons. The average Bonchev–Trinajstić information content (AvgIpc) is 2.91. The van der Waals surface area contributed by atoms with Crippen molar-refractivity contribution in [3.8, 4) is 11.5 Å². The van der Waals surface area contributed by atoms with E-state index in [1.807, 2.05) is 47.4 Å². The van der Waals surface area contributed by atoms with Crippen LogP contribution in [0.15, 0.2) is 42.5 Å². The quantitative estimate of drug-likeness (QED) is 0.885. The van der Waals surface area contributed by atoms with Crippen molar-refractivity contribution in [3.63, 3.8) is 0 Å². The fourth-order valence-electron chi connectivity index (χ4n) is 3.14. The molecular formula is C19H22N2O3. The Morgan fingerprint density at radius 1 is 1.00 bits per heavy atom. The molecule has 126 valence electrons. The van der Waals surface area contributed by atoms with Gasteiger partial charge in [0.2, 0.25) is 0 Å². The molecule has 0 spiro atoms. The molecule has 0 fully saturated rings. The van der Waals surface area contributed by atoms with Gasteiger partial charge < -0.3 is 19.1 Å². The Morgan fingerprint density at radius 2 is 1.75 bits per heavy atom. The molecule has 0 saturated heterocycles. The number of methoxy groups -OCH3 is 3. The molecule has 24 heavy (non-hydrogen) atoms. The van der Waals surface area contributed by atoms with Gasteiger partial charge in [-0.3, -0.25) is 5.41 Å². The Balaban J connectivity index is 1.76. The molecule has 0 saturated carbocycles. The van der Waals surface area contributed by atoms with E-state index >= 15 is 0 Å². The van der Waals surface area contributed by atoms with E-state index in [0.717, 1.165) is 34.6 Å². The third kappa shape index (κ3) is 2.83. The Hall–Kier alpha value is -2.53. The number of nitrogens with one attached hydrogen (secondary N) is 1. The maximum absolute atomic E-state index is 8.43. The van der Waals surface area contributed by atoms with Crippen molar-refractivity contribution in [1.82, 2.24) is 4.90 Å². The highest BCUT2D eigenvalue weighted by Crippen LogP contribution is 2.34. The van der Waals surface area contributed by atoms with Crippen molar-refractivity contribution in [2.75, 3.05) is 27.9 Å². The first-order chi connectivity index (χ1) is 11.7. The minimum atomic E-state index is -0.200. The number of rotatable bonds is 6. The molecule has 5 nitrogen and oxygen atoms in total. The van der Waals surface area contributed by atoms with Gasteiger partial charge in [0.15, 0.2) is 17.7 Å². The summed E-state index contributed by atoms with van der Waals surface area (Å²) >= 11 is 0. The second-order valence-electron chi connectivity index (χ2n) is 5.66. The van der Waals surface area contributed by atoms with Gasteiger partial charge in [0, 0.05) is 24.8 Å². The maximum Gasteiger partial charge on any atom is 0.160 e. The van der Waals surface area contributed by atoms with E-state index in [9.17, 15) is 0 Å². The van der Waals surface area contributed by atoms with E-state index in [1.165, 1.54) is 0 Å². The van der Waals surface area contributed by atoms with Crippen molar-refractivity contribution < 1.29 is 14.2 Å². The van der Waals surface area contributed by atoms with Crippen molar-refractivity contribution in [2.45, 2.75) is 12.6 Å². The molecule has 1 N–H and O–H groups in total. The lowest BCUT2D eigenvalue weighted by Gasteiger charge is -2.25. The van der Waals surface area contributed by atoms with Crippen LogP contribution in [0.2, 0.25) is 0 Å². The van der Waals surface area contributed by atoms with Gasteiger partial charge in [-0.05, 0) is 24.1 Å². The predicted molar refractivity (Wildman–Crippen MR) is 93.0 cm³/mol. The van der Waals surface area contributed by atoms with Gasteiger partial charge in [0.1, 0.15) is 5.84 Å². The molecule has 0 bridgehead atoms. The molecule has 2 aromatic carbocycles. The van der Waals surface area contributed by atoms with Crippen LogP contribution in [-0.4, -0.2) is 38.6 Å². The van der Waals surface area contributed by atoms with Crippen LogP contribution in [0.1, 0.15) is 22.9 Å². The lowest BCUT2D eigenvalue weighted by Crippen LogP contribution is -2.31. The van der Waals surface area contributed by atoms with Gasteiger partial charge in [-0.1, -0.05) is 30.3 Å². The molecule has 3 rings (SSSR count). The number of benzene rings is 2. The highest BCUT2D eigenvalue weighted by Gasteiger charge is 2.33. The Kier molecular flexibility index (Phi) is 4.71. The minimum absolute atomic E-state index is 0.200. The third-order valence-electron chi connectivity index (χ3n) is 4.36. The average molecular weight is 326 g/mol. The van der Waals surface area contributed by atoms with Gasteiger partial charge in [-0.2, -0.15) is 0 Å². The first-order valence-corrected chi connectivity index (χ1v) is 7.87. The summed E-state index contributed by atoms with van der Waals surface area (Å²) in [6.45, 7) is 0.696. The molecule has 0 aromatic heterocycles. The van der Waals surface area contributed by atoms with Crippen molar-refractivity contribution in [2.24, 2.45) is 0 Å². The van der Waals surface area contributed by atoms with Crippen LogP contribution < -0.4 is 9.47 Å². The molecule has 5 heteroatoms. The van der Waals surface area contributed by atoms with E-state index in [1.54, 1.807) is 21.3 Å². The molecule has 1 atom stereocenters. The fourth-order valence-corrected chi connectivity index (χ4v) is 3.14. The zero-order chi connectivity index (χ0) is 17.1. The van der Waals surface area contributed by atoms with E-state index in [2.05, 4.69) is 0 Å². The van der Waals surface area contributed by atoms with Crippen molar-refractivity contribution >= 4 is 5.84 Å². The summed E-state index contributed by atoms with van der Waals surface area (Å²) in [4.78, 5) is 1.99. The minimum Gasteiger partial charge on any atom is -0.493 e. The van der Waals surface area contributed by atoms with Crippen LogP contribution in [0.3, 0.4) is 0 Å². The summed E-state index contributed by atoms with van der Waals surface area (Å²) in [7, 11) is 4.95. The highest BCUT2D eigenvalue weighted by molar-refractivity contribution is 6.00. The number of amidine groups is 1. The zero-order valence-corrected chi connectivity index (χ0v) is 14.2. The fraction of sp³-hybridized carbons (Fsp3) is 0.316. The summed E-state index contributed by atoms with van der Waals surface area (Å²) in [6.07, 6.45) is 0.588. The van der Waals surface area contributed by atoms with Gasteiger partial charge in [-0.15, -0.1) is 0 Å². The largest absolute Gasteiger partial charge is 0.493 e. The smallest absolute Gasteiger partial charge is 0.160 e. The SMILES string of the molecule is COc1ccc(CCN2C(=N)c3ccccc3C2OC)cc1OC. The molecular weight excluding hydrogens is 304 g/mol. The van der Waals surface area contributed by atoms with Crippen LogP contribution in [-0.2, 0) is 11.2 Å². The summed E-state index contributed by atoms with van der Waals surface area (Å²) in [6, 6.07) is 13.8. The van der Waals surface area contributed by atoms with Crippen LogP contribution >= 0.6 is 0 Å². The third-order valence-corrected chi connectivity index (χ3v) is 4.36. The second kappa shape index (κ2) is 6.93. The van der Waals surface area contributed by atoms with Crippen LogP contribution in [0.4, 0.5) is 0 Å². The molecule has 0 aliphatic carbocycles. The predicted octanol–water partition coefficient (Wildman–Crippen LogP) is 3.23. The van der Waals surface area contributed by atoms with E-state index < -0.39 is 0 Å². The zero-order valence-electron chi connectivity index (χ0n) is 14.2. The lowest BCUT2D eigenvalue weighted by molar-refractivity contribution is 0.0131. The van der Waals surface area contributed by atoms with Crippen molar-refractivity contribution in [1.29, 1.82) is 5.41 Å². The molecule has 1 unspecified atom stereocenters.